The molecular formula is C16H22N2O. The highest BCUT2D eigenvalue weighted by atomic mass is 16.1. The number of amides is 1. The van der Waals surface area contributed by atoms with Gasteiger partial charge in [-0.05, 0) is 49.5 Å². The molecule has 1 aliphatic rings. The Morgan fingerprint density at radius 1 is 1.42 bits per heavy atom. The maximum Gasteiger partial charge on any atom is 0.244 e. The van der Waals surface area contributed by atoms with Crippen molar-refractivity contribution in [1.29, 1.82) is 0 Å². The standard InChI is InChI=1S/C16H22N2O/c1-12(14-6-2-3-7-14)18-16(19)10-9-13-5-4-8-15(17)11-13/h4-5,8-12,14H,2-3,6-7,17H2,1H3,(H,18,19)/b10-9+/t12-/m0/s1. The van der Waals surface area contributed by atoms with Gasteiger partial charge in [-0.25, -0.2) is 0 Å². The Hall–Kier alpha value is -1.77. The predicted octanol–water partition coefficient (Wildman–Crippen LogP) is 2.98. The lowest BCUT2D eigenvalue weighted by atomic mass is 10.00. The summed E-state index contributed by atoms with van der Waals surface area (Å²) in [4.78, 5) is 11.8. The fourth-order valence-electron chi connectivity index (χ4n) is 2.68. The van der Waals surface area contributed by atoms with Gasteiger partial charge in [0.05, 0.1) is 0 Å². The number of nitrogens with one attached hydrogen (secondary N) is 1. The number of hydrogen-bond donors (Lipinski definition) is 2. The number of carbonyl (C=O) groups is 1. The second-order valence-corrected chi connectivity index (χ2v) is 5.35. The Balaban J connectivity index is 1.86. The Labute approximate surface area is 114 Å². The number of nitrogens with two attached hydrogens (primary N) is 1. The third kappa shape index (κ3) is 4.12. The molecule has 102 valence electrons. The summed E-state index contributed by atoms with van der Waals surface area (Å²) in [7, 11) is 0. The molecular weight excluding hydrogens is 236 g/mol. The van der Waals surface area contributed by atoms with Crippen molar-refractivity contribution in [3.8, 4) is 0 Å². The van der Waals surface area contributed by atoms with E-state index in [9.17, 15) is 4.79 Å². The summed E-state index contributed by atoms with van der Waals surface area (Å²) < 4.78 is 0. The zero-order valence-corrected chi connectivity index (χ0v) is 11.4. The Kier molecular flexibility index (Phi) is 4.61. The van der Waals surface area contributed by atoms with E-state index in [0.717, 1.165) is 5.56 Å². The van der Waals surface area contributed by atoms with Crippen LogP contribution in [-0.4, -0.2) is 11.9 Å². The Morgan fingerprint density at radius 2 is 2.16 bits per heavy atom. The minimum atomic E-state index is -0.0261. The first-order valence-corrected chi connectivity index (χ1v) is 6.99. The summed E-state index contributed by atoms with van der Waals surface area (Å²) in [5.74, 6) is 0.617. The van der Waals surface area contributed by atoms with Gasteiger partial charge in [-0.1, -0.05) is 25.0 Å². The van der Waals surface area contributed by atoms with Crippen molar-refractivity contribution >= 4 is 17.7 Å². The van der Waals surface area contributed by atoms with Crippen molar-refractivity contribution in [2.75, 3.05) is 5.73 Å². The summed E-state index contributed by atoms with van der Waals surface area (Å²) in [6, 6.07) is 7.76. The van der Waals surface area contributed by atoms with Crippen LogP contribution in [0.5, 0.6) is 0 Å². The molecule has 0 saturated heterocycles. The number of nitrogen functional groups attached to an aromatic ring is 1. The molecule has 19 heavy (non-hydrogen) atoms. The molecule has 0 spiro atoms. The van der Waals surface area contributed by atoms with Crippen LogP contribution in [0.15, 0.2) is 30.3 Å². The summed E-state index contributed by atoms with van der Waals surface area (Å²) >= 11 is 0. The second kappa shape index (κ2) is 6.41. The molecule has 0 unspecified atom stereocenters. The van der Waals surface area contributed by atoms with Gasteiger partial charge >= 0.3 is 0 Å². The minimum Gasteiger partial charge on any atom is -0.399 e. The van der Waals surface area contributed by atoms with E-state index in [2.05, 4.69) is 12.2 Å². The van der Waals surface area contributed by atoms with Gasteiger partial charge in [0.15, 0.2) is 0 Å². The average molecular weight is 258 g/mol. The molecule has 0 heterocycles. The molecule has 1 aromatic carbocycles. The summed E-state index contributed by atoms with van der Waals surface area (Å²) in [6.45, 7) is 2.10. The minimum absolute atomic E-state index is 0.0261. The van der Waals surface area contributed by atoms with Gasteiger partial charge in [-0.15, -0.1) is 0 Å². The number of hydrogen-bond acceptors (Lipinski definition) is 2. The molecule has 0 aromatic heterocycles. The van der Waals surface area contributed by atoms with E-state index < -0.39 is 0 Å². The third-order valence-electron chi connectivity index (χ3n) is 3.81. The molecule has 3 heteroatoms. The summed E-state index contributed by atoms with van der Waals surface area (Å²) in [6.07, 6.45) is 8.45. The van der Waals surface area contributed by atoms with Crippen LogP contribution < -0.4 is 11.1 Å². The smallest absolute Gasteiger partial charge is 0.244 e. The van der Waals surface area contributed by atoms with Crippen molar-refractivity contribution in [3.63, 3.8) is 0 Å². The topological polar surface area (TPSA) is 55.1 Å². The monoisotopic (exact) mass is 258 g/mol. The molecule has 1 aliphatic carbocycles. The molecule has 3 nitrogen and oxygen atoms in total. The SMILES string of the molecule is C[C@H](NC(=O)/C=C/c1cccc(N)c1)C1CCCC1. The normalized spacial score (nSPS) is 17.7. The maximum atomic E-state index is 11.8. The van der Waals surface area contributed by atoms with Crippen LogP contribution in [-0.2, 0) is 4.79 Å². The van der Waals surface area contributed by atoms with E-state index >= 15 is 0 Å². The van der Waals surface area contributed by atoms with Gasteiger partial charge in [-0.2, -0.15) is 0 Å². The molecule has 2 rings (SSSR count). The van der Waals surface area contributed by atoms with Gasteiger partial charge in [0.25, 0.3) is 0 Å². The van der Waals surface area contributed by atoms with Gasteiger partial charge in [0, 0.05) is 17.8 Å². The van der Waals surface area contributed by atoms with Crippen LogP contribution in [0.2, 0.25) is 0 Å². The van der Waals surface area contributed by atoms with Crippen molar-refractivity contribution in [3.05, 3.63) is 35.9 Å². The molecule has 0 radical (unpaired) electrons. The van der Waals surface area contributed by atoms with Crippen LogP contribution in [0.1, 0.15) is 38.2 Å². The quantitative estimate of drug-likeness (QED) is 0.644. The largest absolute Gasteiger partial charge is 0.399 e. The summed E-state index contributed by atoms with van der Waals surface area (Å²) in [5.41, 5.74) is 7.35. The van der Waals surface area contributed by atoms with E-state index in [4.69, 9.17) is 5.73 Å². The third-order valence-corrected chi connectivity index (χ3v) is 3.81. The van der Waals surface area contributed by atoms with Crippen LogP contribution in [0, 0.1) is 5.92 Å². The maximum absolute atomic E-state index is 11.8. The number of benzene rings is 1. The molecule has 1 atom stereocenters. The zero-order valence-electron chi connectivity index (χ0n) is 11.4. The number of carbonyl (C=O) groups excluding carboxylic acids is 1. The zero-order chi connectivity index (χ0) is 13.7. The molecule has 1 fully saturated rings. The van der Waals surface area contributed by atoms with Crippen molar-refractivity contribution < 1.29 is 4.79 Å². The Bertz CT molecular complexity index is 462. The lowest BCUT2D eigenvalue weighted by molar-refractivity contribution is -0.117. The van der Waals surface area contributed by atoms with Crippen LogP contribution in [0.25, 0.3) is 6.08 Å². The van der Waals surface area contributed by atoms with Crippen LogP contribution >= 0.6 is 0 Å². The van der Waals surface area contributed by atoms with E-state index in [-0.39, 0.29) is 11.9 Å². The van der Waals surface area contributed by atoms with Crippen molar-refractivity contribution in [2.45, 2.75) is 38.6 Å². The fourth-order valence-corrected chi connectivity index (χ4v) is 2.68. The first kappa shape index (κ1) is 13.7. The van der Waals surface area contributed by atoms with Gasteiger partial charge in [0.1, 0.15) is 0 Å². The first-order valence-electron chi connectivity index (χ1n) is 6.99. The molecule has 0 aliphatic heterocycles. The highest BCUT2D eigenvalue weighted by Gasteiger charge is 2.21. The van der Waals surface area contributed by atoms with Crippen LogP contribution in [0.3, 0.4) is 0 Å². The van der Waals surface area contributed by atoms with Crippen molar-refractivity contribution in [2.24, 2.45) is 5.92 Å². The lowest BCUT2D eigenvalue weighted by Gasteiger charge is -2.19. The van der Waals surface area contributed by atoms with Gasteiger partial charge < -0.3 is 11.1 Å². The molecule has 1 aromatic rings. The van der Waals surface area contributed by atoms with Crippen LogP contribution in [0.4, 0.5) is 5.69 Å². The highest BCUT2D eigenvalue weighted by Crippen LogP contribution is 2.27. The molecule has 0 bridgehead atoms. The average Bonchev–Trinajstić information content (AvgIpc) is 2.90. The predicted molar refractivity (Wildman–Crippen MR) is 79.5 cm³/mol. The second-order valence-electron chi connectivity index (χ2n) is 5.35. The molecule has 1 saturated carbocycles. The molecule has 1 amide bonds. The van der Waals surface area contributed by atoms with E-state index in [1.807, 2.05) is 24.3 Å². The van der Waals surface area contributed by atoms with E-state index in [1.54, 1.807) is 12.2 Å². The van der Waals surface area contributed by atoms with E-state index in [0.29, 0.717) is 11.6 Å². The van der Waals surface area contributed by atoms with Crippen molar-refractivity contribution in [1.82, 2.24) is 5.32 Å². The fraction of sp³-hybridized carbons (Fsp3) is 0.438. The van der Waals surface area contributed by atoms with Gasteiger partial charge in [0.2, 0.25) is 5.91 Å². The summed E-state index contributed by atoms with van der Waals surface area (Å²) in [5, 5.41) is 3.05. The molecule has 3 N–H and O–H groups in total. The van der Waals surface area contributed by atoms with E-state index in [1.165, 1.54) is 25.7 Å². The first-order chi connectivity index (χ1) is 9.15. The highest BCUT2D eigenvalue weighted by molar-refractivity contribution is 5.92. The van der Waals surface area contributed by atoms with Gasteiger partial charge in [-0.3, -0.25) is 4.79 Å². The number of rotatable bonds is 4. The Morgan fingerprint density at radius 3 is 2.84 bits per heavy atom. The lowest BCUT2D eigenvalue weighted by Crippen LogP contribution is -2.36. The number of anilines is 1.